The molecule has 3 rings (SSSR count). The third-order valence-electron chi connectivity index (χ3n) is 4.74. The Morgan fingerprint density at radius 3 is 2.71 bits per heavy atom. The van der Waals surface area contributed by atoms with Crippen molar-refractivity contribution in [2.75, 3.05) is 30.4 Å². The van der Waals surface area contributed by atoms with E-state index in [1.165, 1.54) is 11.6 Å². The third-order valence-corrected chi connectivity index (χ3v) is 4.74. The highest BCUT2D eigenvalue weighted by Gasteiger charge is 2.30. The molecular weight excluding hydrogens is 366 g/mol. The summed E-state index contributed by atoms with van der Waals surface area (Å²) in [5.74, 6) is -2.26. The van der Waals surface area contributed by atoms with Gasteiger partial charge in [-0.2, -0.15) is 4.98 Å². The molecule has 3 heterocycles. The molecule has 2 aromatic rings. The number of aromatic carboxylic acids is 1. The minimum absolute atomic E-state index is 0.0458. The first-order chi connectivity index (χ1) is 13.3. The van der Waals surface area contributed by atoms with Crippen LogP contribution in [0.3, 0.4) is 0 Å². The molecule has 0 bridgehead atoms. The van der Waals surface area contributed by atoms with E-state index in [9.17, 15) is 19.5 Å². The van der Waals surface area contributed by atoms with Gasteiger partial charge in [0.25, 0.3) is 0 Å². The number of nitrogens with zero attached hydrogens (tertiary/aromatic N) is 4. The quantitative estimate of drug-likeness (QED) is 0.735. The lowest BCUT2D eigenvalue weighted by Gasteiger charge is -2.33. The van der Waals surface area contributed by atoms with Gasteiger partial charge in [0.2, 0.25) is 11.9 Å². The average Bonchev–Trinajstić information content (AvgIpc) is 3.08. The highest BCUT2D eigenvalue weighted by atomic mass is 16.5. The van der Waals surface area contributed by atoms with Crippen LogP contribution in [0.5, 0.6) is 0 Å². The first-order valence-electron chi connectivity index (χ1n) is 9.08. The second kappa shape index (κ2) is 7.83. The molecule has 0 spiro atoms. The van der Waals surface area contributed by atoms with Crippen LogP contribution in [-0.4, -0.2) is 57.7 Å². The van der Waals surface area contributed by atoms with E-state index in [2.05, 4.69) is 15.4 Å². The molecule has 1 aliphatic rings. The SMILES string of the molecule is COC(=O)C1CCCN(c2ccc3nc(NC(=O)C(C)C)nn3c2C(=O)O)C1. The smallest absolute Gasteiger partial charge is 0.356 e. The molecule has 0 aromatic carbocycles. The number of aromatic nitrogens is 3. The summed E-state index contributed by atoms with van der Waals surface area (Å²) in [6.45, 7) is 4.45. The van der Waals surface area contributed by atoms with Crippen LogP contribution in [-0.2, 0) is 14.3 Å². The molecule has 1 saturated heterocycles. The van der Waals surface area contributed by atoms with Gasteiger partial charge in [-0.15, -0.1) is 5.10 Å². The summed E-state index contributed by atoms with van der Waals surface area (Å²) in [6, 6.07) is 3.29. The van der Waals surface area contributed by atoms with E-state index in [0.717, 1.165) is 6.42 Å². The van der Waals surface area contributed by atoms with Crippen LogP contribution in [0.15, 0.2) is 12.1 Å². The highest BCUT2D eigenvalue weighted by Crippen LogP contribution is 2.28. The van der Waals surface area contributed by atoms with Crippen LogP contribution in [0.2, 0.25) is 0 Å². The van der Waals surface area contributed by atoms with Gasteiger partial charge in [0.05, 0.1) is 18.7 Å². The molecule has 1 amide bonds. The Hall–Kier alpha value is -3.17. The molecule has 1 atom stereocenters. The first-order valence-corrected chi connectivity index (χ1v) is 9.08. The third kappa shape index (κ3) is 3.75. The average molecular weight is 389 g/mol. The number of methoxy groups -OCH3 is 1. The van der Waals surface area contributed by atoms with Crippen molar-refractivity contribution in [3.63, 3.8) is 0 Å². The van der Waals surface area contributed by atoms with E-state index in [4.69, 9.17) is 4.74 Å². The van der Waals surface area contributed by atoms with Crippen molar-refractivity contribution < 1.29 is 24.2 Å². The number of carboxylic acid groups (broad SMARTS) is 1. The Balaban J connectivity index is 1.99. The number of carboxylic acids is 1. The number of carbonyl (C=O) groups is 3. The van der Waals surface area contributed by atoms with Crippen LogP contribution in [0, 0.1) is 11.8 Å². The van der Waals surface area contributed by atoms with Crippen molar-refractivity contribution in [2.24, 2.45) is 11.8 Å². The van der Waals surface area contributed by atoms with Gasteiger partial charge in [-0.25, -0.2) is 9.31 Å². The fourth-order valence-corrected chi connectivity index (χ4v) is 3.26. The normalized spacial score (nSPS) is 17.0. The van der Waals surface area contributed by atoms with Crippen molar-refractivity contribution in [2.45, 2.75) is 26.7 Å². The van der Waals surface area contributed by atoms with E-state index in [-0.39, 0.29) is 35.4 Å². The second-order valence-electron chi connectivity index (χ2n) is 7.03. The molecule has 150 valence electrons. The van der Waals surface area contributed by atoms with Crippen LogP contribution in [0.4, 0.5) is 11.6 Å². The zero-order valence-electron chi connectivity index (χ0n) is 16.0. The molecule has 10 heteroatoms. The van der Waals surface area contributed by atoms with Gasteiger partial charge in [-0.1, -0.05) is 13.8 Å². The minimum atomic E-state index is -1.17. The van der Waals surface area contributed by atoms with Gasteiger partial charge >= 0.3 is 11.9 Å². The van der Waals surface area contributed by atoms with Gasteiger partial charge in [0.1, 0.15) is 0 Å². The Bertz CT molecular complexity index is 922. The summed E-state index contributed by atoms with van der Waals surface area (Å²) in [5.41, 5.74) is 0.683. The van der Waals surface area contributed by atoms with Crippen molar-refractivity contribution in [3.05, 3.63) is 17.8 Å². The summed E-state index contributed by atoms with van der Waals surface area (Å²) < 4.78 is 6.04. The summed E-state index contributed by atoms with van der Waals surface area (Å²) >= 11 is 0. The molecule has 0 aliphatic carbocycles. The van der Waals surface area contributed by atoms with E-state index < -0.39 is 5.97 Å². The number of amides is 1. The molecule has 1 fully saturated rings. The maximum absolute atomic E-state index is 12.0. The summed E-state index contributed by atoms with van der Waals surface area (Å²) in [4.78, 5) is 41.8. The van der Waals surface area contributed by atoms with E-state index >= 15 is 0 Å². The molecule has 0 saturated carbocycles. The lowest BCUT2D eigenvalue weighted by Crippen LogP contribution is -2.40. The Kier molecular flexibility index (Phi) is 5.48. The van der Waals surface area contributed by atoms with Crippen LogP contribution in [0.1, 0.15) is 37.2 Å². The maximum Gasteiger partial charge on any atom is 0.356 e. The molecule has 28 heavy (non-hydrogen) atoms. The molecular formula is C18H23N5O5. The van der Waals surface area contributed by atoms with Crippen LogP contribution >= 0.6 is 0 Å². The maximum atomic E-state index is 12.0. The molecule has 2 N–H and O–H groups in total. The van der Waals surface area contributed by atoms with Crippen molar-refractivity contribution >= 4 is 35.1 Å². The Morgan fingerprint density at radius 1 is 1.32 bits per heavy atom. The number of ether oxygens (including phenoxy) is 1. The predicted molar refractivity (Wildman–Crippen MR) is 100 cm³/mol. The number of fused-ring (bicyclic) bond motifs is 1. The van der Waals surface area contributed by atoms with Gasteiger partial charge < -0.3 is 14.7 Å². The van der Waals surface area contributed by atoms with E-state index in [1.807, 2.05) is 4.90 Å². The Morgan fingerprint density at radius 2 is 2.07 bits per heavy atom. The topological polar surface area (TPSA) is 126 Å². The van der Waals surface area contributed by atoms with Crippen molar-refractivity contribution in [1.82, 2.24) is 14.6 Å². The van der Waals surface area contributed by atoms with Crippen molar-refractivity contribution in [3.8, 4) is 0 Å². The van der Waals surface area contributed by atoms with Crippen LogP contribution in [0.25, 0.3) is 5.65 Å². The van der Waals surface area contributed by atoms with Gasteiger partial charge in [0.15, 0.2) is 11.3 Å². The van der Waals surface area contributed by atoms with Gasteiger partial charge in [-0.05, 0) is 25.0 Å². The number of anilines is 2. The number of rotatable bonds is 5. The first kappa shape index (κ1) is 19.6. The highest BCUT2D eigenvalue weighted by molar-refractivity contribution is 5.94. The number of carbonyl (C=O) groups excluding carboxylic acids is 2. The number of esters is 1. The number of pyridine rings is 1. The number of nitrogens with one attached hydrogen (secondary N) is 1. The molecule has 1 unspecified atom stereocenters. The van der Waals surface area contributed by atoms with Gasteiger partial charge in [-0.3, -0.25) is 14.9 Å². The number of hydrogen-bond acceptors (Lipinski definition) is 7. The van der Waals surface area contributed by atoms with Crippen molar-refractivity contribution in [1.29, 1.82) is 0 Å². The minimum Gasteiger partial charge on any atom is -0.476 e. The Labute approximate surface area is 161 Å². The zero-order chi connectivity index (χ0) is 20.4. The fraction of sp³-hybridized carbons (Fsp3) is 0.500. The monoisotopic (exact) mass is 389 g/mol. The lowest BCUT2D eigenvalue weighted by molar-refractivity contribution is -0.145. The summed E-state index contributed by atoms with van der Waals surface area (Å²) in [6.07, 6.45) is 1.44. The number of hydrogen-bond donors (Lipinski definition) is 2. The van der Waals surface area contributed by atoms with E-state index in [0.29, 0.717) is 30.8 Å². The predicted octanol–water partition coefficient (Wildman–Crippen LogP) is 1.41. The summed E-state index contributed by atoms with van der Waals surface area (Å²) in [5, 5.41) is 16.5. The lowest BCUT2D eigenvalue weighted by atomic mass is 9.97. The van der Waals surface area contributed by atoms with Crippen LogP contribution < -0.4 is 10.2 Å². The second-order valence-corrected chi connectivity index (χ2v) is 7.03. The largest absolute Gasteiger partial charge is 0.476 e. The molecule has 2 aromatic heterocycles. The summed E-state index contributed by atoms with van der Waals surface area (Å²) in [7, 11) is 1.35. The number of piperidine rings is 1. The van der Waals surface area contributed by atoms with Gasteiger partial charge in [0, 0.05) is 19.0 Å². The fourth-order valence-electron chi connectivity index (χ4n) is 3.26. The molecule has 0 radical (unpaired) electrons. The standard InChI is InChI=1S/C18H23N5O5/c1-10(2)15(24)20-18-19-13-7-6-12(14(16(25)26)23(13)21-18)22-8-4-5-11(9-22)17(27)28-3/h6-7,10-11H,4-5,8-9H2,1-3H3,(H,25,26)(H,20,21,24). The van der Waals surface area contributed by atoms with E-state index in [1.54, 1.807) is 26.0 Å². The zero-order valence-corrected chi connectivity index (χ0v) is 16.0. The molecule has 10 nitrogen and oxygen atoms in total. The molecule has 1 aliphatic heterocycles.